The molecule has 4 aromatic carbocycles. The number of benzene rings is 4. The highest BCUT2D eigenvalue weighted by molar-refractivity contribution is 7.59. The third-order valence-electron chi connectivity index (χ3n) is 5.74. The van der Waals surface area contributed by atoms with Crippen molar-refractivity contribution in [3.63, 3.8) is 0 Å². The highest BCUT2D eigenvalue weighted by Gasteiger charge is 2.51. The van der Waals surface area contributed by atoms with Gasteiger partial charge in [-0.15, -0.1) is 0 Å². The standard InChI is InChI=1S/C28H30O13P4/c29-42(30,31)21-27(44(33,34)35)37-28(45(36,40-25-17-9-3-10-18-25)41-26-19-11-4-12-20-26)22-43(32,38-23-13-5-1-6-14-23)39-24-15-7-2-8-16-24/h1-20,27-28H,21-22H2,(H2,29,30,31)(H2,33,34,35). The predicted molar refractivity (Wildman–Crippen MR) is 166 cm³/mol. The van der Waals surface area contributed by atoms with E-state index in [1.165, 1.54) is 48.5 Å². The van der Waals surface area contributed by atoms with E-state index in [2.05, 4.69) is 0 Å². The van der Waals surface area contributed by atoms with E-state index in [1.807, 2.05) is 0 Å². The molecule has 0 amide bonds. The van der Waals surface area contributed by atoms with Crippen LogP contribution in [0.3, 0.4) is 0 Å². The Kier molecular flexibility index (Phi) is 11.5. The van der Waals surface area contributed by atoms with Gasteiger partial charge in [-0.05, 0) is 48.5 Å². The number of para-hydroxylation sites is 4. The highest BCUT2D eigenvalue weighted by Crippen LogP contribution is 2.62. The third kappa shape index (κ3) is 11.0. The molecule has 0 heterocycles. The van der Waals surface area contributed by atoms with Gasteiger partial charge in [0.15, 0.2) is 11.7 Å². The summed E-state index contributed by atoms with van der Waals surface area (Å²) in [6, 6.07) is 30.7. The first-order valence-corrected chi connectivity index (χ1v) is 20.0. The molecule has 17 heteroatoms. The molecule has 0 aromatic heterocycles. The maximum Gasteiger partial charge on any atom is 0.460 e. The molecule has 45 heavy (non-hydrogen) atoms. The Morgan fingerprint density at radius 1 is 0.467 bits per heavy atom. The van der Waals surface area contributed by atoms with Gasteiger partial charge in [-0.3, -0.25) is 9.13 Å². The zero-order valence-corrected chi connectivity index (χ0v) is 26.9. The molecule has 0 aliphatic heterocycles. The molecule has 4 aromatic rings. The molecule has 0 saturated heterocycles. The van der Waals surface area contributed by atoms with Crippen molar-refractivity contribution in [2.45, 2.75) is 11.7 Å². The smallest absolute Gasteiger partial charge is 0.416 e. The van der Waals surface area contributed by atoms with Crippen molar-refractivity contribution in [1.82, 2.24) is 0 Å². The highest BCUT2D eigenvalue weighted by atomic mass is 31.2. The summed E-state index contributed by atoms with van der Waals surface area (Å²) in [6.45, 7) is 0. The quantitative estimate of drug-likeness (QED) is 0.0902. The molecular weight excluding hydrogens is 668 g/mol. The Hall–Kier alpha value is -3.20. The third-order valence-corrected chi connectivity index (χ3v) is 11.9. The Morgan fingerprint density at radius 2 is 0.800 bits per heavy atom. The minimum absolute atomic E-state index is 0.0316. The Balaban J connectivity index is 1.86. The van der Waals surface area contributed by atoms with Crippen LogP contribution in [0.1, 0.15) is 0 Å². The average Bonchev–Trinajstić information content (AvgIpc) is 2.97. The predicted octanol–water partition coefficient (Wildman–Crippen LogP) is 6.71. The molecule has 0 fully saturated rings. The van der Waals surface area contributed by atoms with Gasteiger partial charge in [-0.1, -0.05) is 72.8 Å². The largest absolute Gasteiger partial charge is 0.460 e. The van der Waals surface area contributed by atoms with E-state index in [4.69, 9.17) is 22.8 Å². The fourth-order valence-corrected chi connectivity index (χ4v) is 10.5. The van der Waals surface area contributed by atoms with Gasteiger partial charge in [-0.25, -0.2) is 9.13 Å². The lowest BCUT2D eigenvalue weighted by molar-refractivity contribution is 0.0668. The van der Waals surface area contributed by atoms with Crippen LogP contribution in [0, 0.1) is 0 Å². The molecule has 4 N–H and O–H groups in total. The summed E-state index contributed by atoms with van der Waals surface area (Å²) in [7, 11) is -20.1. The van der Waals surface area contributed by atoms with Crippen molar-refractivity contribution in [1.29, 1.82) is 0 Å². The second-order valence-corrected chi connectivity index (χ2v) is 16.9. The van der Waals surface area contributed by atoms with E-state index in [9.17, 15) is 37.8 Å². The zero-order chi connectivity index (χ0) is 32.6. The van der Waals surface area contributed by atoms with Crippen LogP contribution in [-0.4, -0.2) is 43.6 Å². The van der Waals surface area contributed by atoms with Crippen molar-refractivity contribution in [2.75, 3.05) is 12.3 Å². The minimum atomic E-state index is -5.48. The summed E-state index contributed by atoms with van der Waals surface area (Å²) in [4.78, 5) is 39.3. The van der Waals surface area contributed by atoms with Crippen LogP contribution in [0.25, 0.3) is 0 Å². The number of rotatable bonds is 16. The number of hydrogen-bond acceptors (Lipinski definition) is 9. The lowest BCUT2D eigenvalue weighted by atomic mass is 10.3. The summed E-state index contributed by atoms with van der Waals surface area (Å²) in [6.07, 6.45) is -2.50. The topological polar surface area (TPSA) is 195 Å². The molecule has 2 unspecified atom stereocenters. The first-order valence-electron chi connectivity index (χ1n) is 13.2. The van der Waals surface area contributed by atoms with Crippen LogP contribution in [0.2, 0.25) is 0 Å². The SMILES string of the molecule is O=P(O)(O)CC(OC(CP(=O)(Oc1ccccc1)Oc1ccccc1)P(=O)(Oc1ccccc1)Oc1ccccc1)P(=O)(O)O. The van der Waals surface area contributed by atoms with Crippen molar-refractivity contribution < 1.29 is 60.7 Å². The molecule has 240 valence electrons. The maximum atomic E-state index is 14.8. The molecule has 0 bridgehead atoms. The van der Waals surface area contributed by atoms with Crippen molar-refractivity contribution in [3.8, 4) is 23.0 Å². The molecule has 0 radical (unpaired) electrons. The van der Waals surface area contributed by atoms with E-state index in [1.54, 1.807) is 72.8 Å². The van der Waals surface area contributed by atoms with Crippen LogP contribution in [0.4, 0.5) is 0 Å². The van der Waals surface area contributed by atoms with Crippen molar-refractivity contribution >= 4 is 30.4 Å². The van der Waals surface area contributed by atoms with Gasteiger partial charge in [0.1, 0.15) is 29.2 Å². The van der Waals surface area contributed by atoms with E-state index in [0.29, 0.717) is 0 Å². The fourth-order valence-electron chi connectivity index (χ4n) is 3.79. The second-order valence-electron chi connectivity index (χ2n) is 9.43. The van der Waals surface area contributed by atoms with E-state index < -0.39 is 54.4 Å². The first kappa shape index (κ1) is 34.7. The Labute approximate surface area is 259 Å². The van der Waals surface area contributed by atoms with Crippen LogP contribution in [0.15, 0.2) is 121 Å². The van der Waals surface area contributed by atoms with Gasteiger partial charge < -0.3 is 42.4 Å². The molecule has 2 atom stereocenters. The summed E-state index contributed by atoms with van der Waals surface area (Å²) < 4.78 is 82.4. The second kappa shape index (κ2) is 14.9. The van der Waals surface area contributed by atoms with Gasteiger partial charge >= 0.3 is 30.4 Å². The average molecular weight is 698 g/mol. The van der Waals surface area contributed by atoms with Gasteiger partial charge in [-0.2, -0.15) is 0 Å². The molecule has 13 nitrogen and oxygen atoms in total. The van der Waals surface area contributed by atoms with Crippen LogP contribution in [0.5, 0.6) is 23.0 Å². The maximum absolute atomic E-state index is 14.8. The molecular formula is C28H30O13P4. The minimum Gasteiger partial charge on any atom is -0.416 e. The normalized spacial score (nSPS) is 13.8. The van der Waals surface area contributed by atoms with Crippen LogP contribution < -0.4 is 18.1 Å². The number of hydrogen-bond donors (Lipinski definition) is 4. The molecule has 0 saturated carbocycles. The van der Waals surface area contributed by atoms with Gasteiger partial charge in [0, 0.05) is 0 Å². The van der Waals surface area contributed by atoms with Crippen molar-refractivity contribution in [2.24, 2.45) is 0 Å². The first-order chi connectivity index (χ1) is 21.2. The van der Waals surface area contributed by atoms with E-state index in [-0.39, 0.29) is 23.0 Å². The molecule has 0 spiro atoms. The summed E-state index contributed by atoms with van der Waals surface area (Å²) in [5.74, 6) is -4.68. The fraction of sp³-hybridized carbons (Fsp3) is 0.143. The number of ether oxygens (including phenoxy) is 1. The molecule has 4 rings (SSSR count). The van der Waals surface area contributed by atoms with E-state index >= 15 is 0 Å². The molecule has 0 aliphatic carbocycles. The lowest BCUT2D eigenvalue weighted by Crippen LogP contribution is -2.32. The molecule has 0 aliphatic rings. The van der Waals surface area contributed by atoms with Gasteiger partial charge in [0.05, 0.1) is 6.16 Å². The van der Waals surface area contributed by atoms with Gasteiger partial charge in [0.25, 0.3) is 0 Å². The van der Waals surface area contributed by atoms with Crippen LogP contribution in [-0.2, 0) is 23.0 Å². The summed E-state index contributed by atoms with van der Waals surface area (Å²) >= 11 is 0. The summed E-state index contributed by atoms with van der Waals surface area (Å²) in [5.41, 5.74) is 0. The Morgan fingerprint density at radius 3 is 1.11 bits per heavy atom. The van der Waals surface area contributed by atoms with Crippen LogP contribution >= 0.6 is 30.4 Å². The van der Waals surface area contributed by atoms with Crippen molar-refractivity contribution in [3.05, 3.63) is 121 Å². The summed E-state index contributed by atoms with van der Waals surface area (Å²) in [5, 5.41) is 0. The zero-order valence-electron chi connectivity index (χ0n) is 23.4. The lowest BCUT2D eigenvalue weighted by Gasteiger charge is -2.32. The monoisotopic (exact) mass is 698 g/mol. The van der Waals surface area contributed by atoms with Gasteiger partial charge in [0.2, 0.25) is 0 Å². The Bertz CT molecular complexity index is 1610. The van der Waals surface area contributed by atoms with E-state index in [0.717, 1.165) is 0 Å².